The van der Waals surface area contributed by atoms with Gasteiger partial charge in [0.2, 0.25) is 0 Å². The average molecular weight is 240 g/mol. The van der Waals surface area contributed by atoms with Crippen LogP contribution in [0.3, 0.4) is 0 Å². The van der Waals surface area contributed by atoms with Gasteiger partial charge in [-0.2, -0.15) is 0 Å². The van der Waals surface area contributed by atoms with Gasteiger partial charge in [-0.3, -0.25) is 4.98 Å². The average Bonchev–Trinajstić information content (AvgIpc) is 2.81. The predicted molar refractivity (Wildman–Crippen MR) is 73.3 cm³/mol. The molecule has 0 amide bonds. The van der Waals surface area contributed by atoms with E-state index in [1.54, 1.807) is 6.20 Å². The molecule has 0 aliphatic rings. The second kappa shape index (κ2) is 5.31. The van der Waals surface area contributed by atoms with Gasteiger partial charge in [0.1, 0.15) is 5.65 Å². The van der Waals surface area contributed by atoms with Crippen LogP contribution < -0.4 is 5.73 Å². The summed E-state index contributed by atoms with van der Waals surface area (Å²) >= 11 is 0. The maximum Gasteiger partial charge on any atom is 0.136 e. The zero-order chi connectivity index (χ0) is 13.0. The molecule has 0 spiro atoms. The smallest absolute Gasteiger partial charge is 0.136 e. The first kappa shape index (κ1) is 12.1. The Morgan fingerprint density at radius 1 is 1.06 bits per heavy atom. The molecule has 4 nitrogen and oxygen atoms in total. The molecule has 92 valence electrons. The van der Waals surface area contributed by atoms with E-state index in [1.165, 1.54) is 5.56 Å². The molecule has 0 fully saturated rings. The minimum absolute atomic E-state index is 0.755. The third-order valence-corrected chi connectivity index (χ3v) is 2.68. The third-order valence-electron chi connectivity index (χ3n) is 2.68. The second-order valence-electron chi connectivity index (χ2n) is 4.06. The molecule has 0 aromatic carbocycles. The number of nitrogens with zero attached hydrogens (tertiary/aromatic N) is 3. The van der Waals surface area contributed by atoms with E-state index < -0.39 is 0 Å². The largest absolute Gasteiger partial charge is 0.398 e. The number of anilines is 1. The van der Waals surface area contributed by atoms with Crippen molar-refractivity contribution in [3.05, 3.63) is 60.3 Å². The number of aromatic nitrogens is 3. The van der Waals surface area contributed by atoms with E-state index >= 15 is 0 Å². The number of pyridine rings is 2. The lowest BCUT2D eigenvalue weighted by Crippen LogP contribution is -1.88. The van der Waals surface area contributed by atoms with Crippen molar-refractivity contribution in [3.8, 4) is 0 Å². The molecule has 0 aliphatic heterocycles. The van der Waals surface area contributed by atoms with Crippen molar-refractivity contribution in [2.24, 2.45) is 0 Å². The fourth-order valence-corrected chi connectivity index (χ4v) is 1.50. The molecule has 0 unspecified atom stereocenters. The molecule has 0 bridgehead atoms. The summed E-state index contributed by atoms with van der Waals surface area (Å²) in [4.78, 5) is 8.15. The molecule has 2 N–H and O–H groups in total. The van der Waals surface area contributed by atoms with Gasteiger partial charge in [-0.05, 0) is 37.6 Å². The summed E-state index contributed by atoms with van der Waals surface area (Å²) in [5.41, 5.74) is 9.59. The lowest BCUT2D eigenvalue weighted by atomic mass is 10.2. The Bertz CT molecular complexity index is 622. The fraction of sp³-hybridized carbons (Fsp3) is 0.143. The van der Waals surface area contributed by atoms with Gasteiger partial charge in [0, 0.05) is 36.2 Å². The Morgan fingerprint density at radius 3 is 2.56 bits per heavy atom. The first-order chi connectivity index (χ1) is 8.66. The van der Waals surface area contributed by atoms with E-state index in [-0.39, 0.29) is 0 Å². The molecule has 0 saturated carbocycles. The zero-order valence-electron chi connectivity index (χ0n) is 10.5. The lowest BCUT2D eigenvalue weighted by Gasteiger charge is -1.93. The van der Waals surface area contributed by atoms with E-state index in [2.05, 4.69) is 23.0 Å². The Hall–Kier alpha value is -2.36. The number of fused-ring (bicyclic) bond motifs is 1. The maximum atomic E-state index is 5.53. The molecule has 0 radical (unpaired) electrons. The van der Waals surface area contributed by atoms with Crippen molar-refractivity contribution in [2.45, 2.75) is 13.8 Å². The summed E-state index contributed by atoms with van der Waals surface area (Å²) in [5, 5.41) is 0. The van der Waals surface area contributed by atoms with Crippen LogP contribution in [0.1, 0.15) is 11.3 Å². The van der Waals surface area contributed by atoms with Gasteiger partial charge in [0.25, 0.3) is 0 Å². The summed E-state index contributed by atoms with van der Waals surface area (Å²) in [6, 6.07) is 7.72. The monoisotopic (exact) mass is 240 g/mol. The quantitative estimate of drug-likeness (QED) is 0.657. The van der Waals surface area contributed by atoms with E-state index in [0.717, 1.165) is 17.0 Å². The highest BCUT2D eigenvalue weighted by molar-refractivity contribution is 5.46. The SMILES string of the molecule is Cc1cccnc1C.Nc1ccc2nccn2c1. The highest BCUT2D eigenvalue weighted by Gasteiger charge is 1.90. The lowest BCUT2D eigenvalue weighted by molar-refractivity contribution is 1.15. The Labute approximate surface area is 106 Å². The number of nitrogen functional groups attached to an aromatic ring is 1. The van der Waals surface area contributed by atoms with Crippen molar-refractivity contribution in [1.29, 1.82) is 0 Å². The van der Waals surface area contributed by atoms with E-state index in [9.17, 15) is 0 Å². The van der Waals surface area contributed by atoms with Gasteiger partial charge >= 0.3 is 0 Å². The summed E-state index contributed by atoms with van der Waals surface area (Å²) < 4.78 is 1.88. The summed E-state index contributed by atoms with van der Waals surface area (Å²) in [6.45, 7) is 4.07. The van der Waals surface area contributed by atoms with Crippen LogP contribution >= 0.6 is 0 Å². The van der Waals surface area contributed by atoms with Crippen LogP contribution in [0, 0.1) is 13.8 Å². The highest BCUT2D eigenvalue weighted by atomic mass is 15.0. The van der Waals surface area contributed by atoms with Gasteiger partial charge in [-0.1, -0.05) is 6.07 Å². The summed E-state index contributed by atoms with van der Waals surface area (Å²) in [7, 11) is 0. The first-order valence-corrected chi connectivity index (χ1v) is 5.73. The minimum atomic E-state index is 0.755. The summed E-state index contributed by atoms with van der Waals surface area (Å²) in [5.74, 6) is 0. The predicted octanol–water partition coefficient (Wildman–Crippen LogP) is 2.61. The van der Waals surface area contributed by atoms with E-state index in [0.29, 0.717) is 0 Å². The van der Waals surface area contributed by atoms with Crippen molar-refractivity contribution >= 4 is 11.3 Å². The van der Waals surface area contributed by atoms with Crippen molar-refractivity contribution in [1.82, 2.24) is 14.4 Å². The van der Waals surface area contributed by atoms with Crippen LogP contribution in [0.4, 0.5) is 5.69 Å². The van der Waals surface area contributed by atoms with E-state index in [4.69, 9.17) is 5.73 Å². The van der Waals surface area contributed by atoms with E-state index in [1.807, 2.05) is 48.1 Å². The first-order valence-electron chi connectivity index (χ1n) is 5.73. The maximum absolute atomic E-state index is 5.53. The van der Waals surface area contributed by atoms with Crippen molar-refractivity contribution in [2.75, 3.05) is 5.73 Å². The fourth-order valence-electron chi connectivity index (χ4n) is 1.50. The van der Waals surface area contributed by atoms with Gasteiger partial charge in [0.05, 0.1) is 0 Å². The van der Waals surface area contributed by atoms with Crippen LogP contribution in [0.15, 0.2) is 49.1 Å². The topological polar surface area (TPSA) is 56.2 Å². The van der Waals surface area contributed by atoms with Crippen LogP contribution in [-0.2, 0) is 0 Å². The number of aryl methyl sites for hydroxylation is 2. The van der Waals surface area contributed by atoms with Crippen LogP contribution in [0.25, 0.3) is 5.65 Å². The standard InChI is InChI=1S/C7H7N3.C7H9N/c8-6-1-2-7-9-3-4-10(7)5-6;1-6-4-3-5-8-7(6)2/h1-5H,8H2;3-5H,1-2H3. The number of imidazole rings is 1. The molecule has 3 heterocycles. The van der Waals surface area contributed by atoms with Gasteiger partial charge in [0.15, 0.2) is 0 Å². The summed E-state index contributed by atoms with van der Waals surface area (Å²) in [6.07, 6.45) is 7.26. The van der Waals surface area contributed by atoms with Gasteiger partial charge in [-0.25, -0.2) is 4.98 Å². The van der Waals surface area contributed by atoms with Crippen LogP contribution in [0.2, 0.25) is 0 Å². The number of nitrogens with two attached hydrogens (primary N) is 1. The zero-order valence-corrected chi connectivity index (χ0v) is 10.5. The molecule has 0 saturated heterocycles. The Kier molecular flexibility index (Phi) is 3.57. The van der Waals surface area contributed by atoms with Crippen LogP contribution in [0.5, 0.6) is 0 Å². The Morgan fingerprint density at radius 2 is 1.89 bits per heavy atom. The Balaban J connectivity index is 0.000000138. The molecular formula is C14H16N4. The number of hydrogen-bond donors (Lipinski definition) is 1. The van der Waals surface area contributed by atoms with Crippen molar-refractivity contribution < 1.29 is 0 Å². The molecule has 3 aromatic rings. The molecule has 4 heteroatoms. The second-order valence-corrected chi connectivity index (χ2v) is 4.06. The number of rotatable bonds is 0. The minimum Gasteiger partial charge on any atom is -0.398 e. The molecular weight excluding hydrogens is 224 g/mol. The third kappa shape index (κ3) is 2.85. The molecule has 3 rings (SSSR count). The molecule has 0 aliphatic carbocycles. The van der Waals surface area contributed by atoms with Gasteiger partial charge in [-0.15, -0.1) is 0 Å². The van der Waals surface area contributed by atoms with Crippen LogP contribution in [-0.4, -0.2) is 14.4 Å². The molecule has 3 aromatic heterocycles. The molecule has 18 heavy (non-hydrogen) atoms. The molecule has 0 atom stereocenters. The normalized spacial score (nSPS) is 9.89. The van der Waals surface area contributed by atoms with Crippen molar-refractivity contribution in [3.63, 3.8) is 0 Å². The number of hydrogen-bond acceptors (Lipinski definition) is 3. The highest BCUT2D eigenvalue weighted by Crippen LogP contribution is 2.04. The van der Waals surface area contributed by atoms with Gasteiger partial charge < -0.3 is 10.1 Å².